The first-order chi connectivity index (χ1) is 9.83. The number of ether oxygens (including phenoxy) is 1. The lowest BCUT2D eigenvalue weighted by Crippen LogP contribution is -2.35. The van der Waals surface area contributed by atoms with E-state index in [2.05, 4.69) is 17.0 Å². The highest BCUT2D eigenvalue weighted by molar-refractivity contribution is 5.68. The molecule has 3 rings (SSSR count). The van der Waals surface area contributed by atoms with E-state index in [4.69, 9.17) is 4.74 Å². The number of nitrogens with zero attached hydrogens (tertiary/aromatic N) is 1. The van der Waals surface area contributed by atoms with Crippen molar-refractivity contribution in [1.82, 2.24) is 4.90 Å². The molecule has 2 aromatic rings. The van der Waals surface area contributed by atoms with Crippen molar-refractivity contribution in [3.8, 4) is 16.9 Å². The standard InChI is InChI=1S/C17H19NO2/c19-16-7-6-15(13-18-8-10-20-11-9-18)17(12-16)14-4-2-1-3-5-14/h1-7,12,19H,8-11,13H2. The molecule has 3 heteroatoms. The summed E-state index contributed by atoms with van der Waals surface area (Å²) in [5.41, 5.74) is 3.50. The summed E-state index contributed by atoms with van der Waals surface area (Å²) in [5, 5.41) is 9.77. The Morgan fingerprint density at radius 3 is 2.50 bits per heavy atom. The van der Waals surface area contributed by atoms with Gasteiger partial charge in [0.25, 0.3) is 0 Å². The van der Waals surface area contributed by atoms with Crippen molar-refractivity contribution in [1.29, 1.82) is 0 Å². The van der Waals surface area contributed by atoms with Gasteiger partial charge in [0.05, 0.1) is 13.2 Å². The van der Waals surface area contributed by atoms with Crippen LogP contribution in [-0.4, -0.2) is 36.3 Å². The van der Waals surface area contributed by atoms with Crippen LogP contribution in [0.5, 0.6) is 5.75 Å². The molecule has 0 aliphatic carbocycles. The van der Waals surface area contributed by atoms with Crippen LogP contribution in [-0.2, 0) is 11.3 Å². The number of benzene rings is 2. The van der Waals surface area contributed by atoms with Gasteiger partial charge in [-0.2, -0.15) is 0 Å². The maximum atomic E-state index is 9.77. The highest BCUT2D eigenvalue weighted by Crippen LogP contribution is 2.28. The first-order valence-corrected chi connectivity index (χ1v) is 7.00. The van der Waals surface area contributed by atoms with Gasteiger partial charge in [0.1, 0.15) is 5.75 Å². The van der Waals surface area contributed by atoms with E-state index < -0.39 is 0 Å². The van der Waals surface area contributed by atoms with Crippen LogP contribution in [0.4, 0.5) is 0 Å². The first kappa shape index (κ1) is 13.2. The molecule has 0 saturated carbocycles. The van der Waals surface area contributed by atoms with Crippen molar-refractivity contribution in [2.75, 3.05) is 26.3 Å². The second-order valence-corrected chi connectivity index (χ2v) is 5.10. The smallest absolute Gasteiger partial charge is 0.116 e. The van der Waals surface area contributed by atoms with E-state index >= 15 is 0 Å². The maximum Gasteiger partial charge on any atom is 0.116 e. The van der Waals surface area contributed by atoms with E-state index in [1.807, 2.05) is 30.3 Å². The number of rotatable bonds is 3. The molecule has 1 aliphatic heterocycles. The number of aromatic hydroxyl groups is 1. The Balaban J connectivity index is 1.90. The van der Waals surface area contributed by atoms with Gasteiger partial charge in [-0.3, -0.25) is 4.90 Å². The Kier molecular flexibility index (Phi) is 4.00. The molecule has 1 aliphatic rings. The lowest BCUT2D eigenvalue weighted by atomic mass is 9.99. The van der Waals surface area contributed by atoms with Gasteiger partial charge < -0.3 is 9.84 Å². The molecule has 0 atom stereocenters. The van der Waals surface area contributed by atoms with Crippen LogP contribution < -0.4 is 0 Å². The zero-order chi connectivity index (χ0) is 13.8. The molecular weight excluding hydrogens is 250 g/mol. The summed E-state index contributed by atoms with van der Waals surface area (Å²) in [7, 11) is 0. The van der Waals surface area contributed by atoms with Gasteiger partial charge in [0, 0.05) is 19.6 Å². The van der Waals surface area contributed by atoms with Gasteiger partial charge in [0.2, 0.25) is 0 Å². The summed E-state index contributed by atoms with van der Waals surface area (Å²) in [6.45, 7) is 4.44. The summed E-state index contributed by atoms with van der Waals surface area (Å²) >= 11 is 0. The average Bonchev–Trinajstić information content (AvgIpc) is 2.51. The Hall–Kier alpha value is -1.84. The number of morpholine rings is 1. The molecular formula is C17H19NO2. The lowest BCUT2D eigenvalue weighted by Gasteiger charge is -2.27. The number of phenols is 1. The molecule has 0 aromatic heterocycles. The van der Waals surface area contributed by atoms with Crippen molar-refractivity contribution < 1.29 is 9.84 Å². The third-order valence-corrected chi connectivity index (χ3v) is 3.68. The molecule has 0 radical (unpaired) electrons. The molecule has 0 unspecified atom stereocenters. The van der Waals surface area contributed by atoms with Crippen molar-refractivity contribution >= 4 is 0 Å². The summed E-state index contributed by atoms with van der Waals surface area (Å²) in [5.74, 6) is 0.314. The zero-order valence-electron chi connectivity index (χ0n) is 11.5. The largest absolute Gasteiger partial charge is 0.508 e. The predicted molar refractivity (Wildman–Crippen MR) is 79.6 cm³/mol. The van der Waals surface area contributed by atoms with E-state index in [0.717, 1.165) is 44.0 Å². The highest BCUT2D eigenvalue weighted by atomic mass is 16.5. The third kappa shape index (κ3) is 3.00. The van der Waals surface area contributed by atoms with E-state index in [0.29, 0.717) is 5.75 Å². The Morgan fingerprint density at radius 1 is 1.00 bits per heavy atom. The minimum Gasteiger partial charge on any atom is -0.508 e. The van der Waals surface area contributed by atoms with Gasteiger partial charge >= 0.3 is 0 Å². The highest BCUT2D eigenvalue weighted by Gasteiger charge is 2.13. The first-order valence-electron chi connectivity index (χ1n) is 7.00. The van der Waals surface area contributed by atoms with Crippen LogP contribution in [0.1, 0.15) is 5.56 Å². The van der Waals surface area contributed by atoms with Crippen LogP contribution in [0, 0.1) is 0 Å². The van der Waals surface area contributed by atoms with Crippen LogP contribution in [0.25, 0.3) is 11.1 Å². The number of hydrogen-bond acceptors (Lipinski definition) is 3. The molecule has 3 nitrogen and oxygen atoms in total. The Labute approximate surface area is 119 Å². The van der Waals surface area contributed by atoms with Crippen LogP contribution in [0.2, 0.25) is 0 Å². The third-order valence-electron chi connectivity index (χ3n) is 3.68. The van der Waals surface area contributed by atoms with Crippen LogP contribution in [0.3, 0.4) is 0 Å². The van der Waals surface area contributed by atoms with Crippen LogP contribution >= 0.6 is 0 Å². The quantitative estimate of drug-likeness (QED) is 0.930. The average molecular weight is 269 g/mol. The Morgan fingerprint density at radius 2 is 1.75 bits per heavy atom. The fraction of sp³-hybridized carbons (Fsp3) is 0.294. The van der Waals surface area contributed by atoms with Crippen molar-refractivity contribution in [3.05, 3.63) is 54.1 Å². The fourth-order valence-electron chi connectivity index (χ4n) is 2.59. The minimum atomic E-state index is 0.314. The summed E-state index contributed by atoms with van der Waals surface area (Å²) in [6.07, 6.45) is 0. The van der Waals surface area contributed by atoms with Crippen molar-refractivity contribution in [3.63, 3.8) is 0 Å². The molecule has 2 aromatic carbocycles. The summed E-state index contributed by atoms with van der Waals surface area (Å²) < 4.78 is 5.39. The molecule has 1 N–H and O–H groups in total. The molecule has 1 saturated heterocycles. The van der Waals surface area contributed by atoms with Crippen LogP contribution in [0.15, 0.2) is 48.5 Å². The van der Waals surface area contributed by atoms with Gasteiger partial charge in [0.15, 0.2) is 0 Å². The SMILES string of the molecule is Oc1ccc(CN2CCOCC2)c(-c2ccccc2)c1. The second-order valence-electron chi connectivity index (χ2n) is 5.10. The predicted octanol–water partition coefficient (Wildman–Crippen LogP) is 2.89. The van der Waals surface area contributed by atoms with E-state index in [1.54, 1.807) is 6.07 Å². The number of hydrogen-bond donors (Lipinski definition) is 1. The lowest BCUT2D eigenvalue weighted by molar-refractivity contribution is 0.0342. The molecule has 20 heavy (non-hydrogen) atoms. The van der Waals surface area contributed by atoms with Crippen molar-refractivity contribution in [2.24, 2.45) is 0 Å². The minimum absolute atomic E-state index is 0.314. The Bertz CT molecular complexity index is 562. The van der Waals surface area contributed by atoms with E-state index in [9.17, 15) is 5.11 Å². The molecule has 0 bridgehead atoms. The molecule has 0 spiro atoms. The molecule has 104 valence electrons. The fourth-order valence-corrected chi connectivity index (χ4v) is 2.59. The van der Waals surface area contributed by atoms with E-state index in [1.165, 1.54) is 5.56 Å². The monoisotopic (exact) mass is 269 g/mol. The normalized spacial score (nSPS) is 16.2. The van der Waals surface area contributed by atoms with Gasteiger partial charge in [-0.05, 0) is 28.8 Å². The molecule has 1 fully saturated rings. The van der Waals surface area contributed by atoms with Gasteiger partial charge in [-0.15, -0.1) is 0 Å². The molecule has 0 amide bonds. The van der Waals surface area contributed by atoms with Crippen molar-refractivity contribution in [2.45, 2.75) is 6.54 Å². The van der Waals surface area contributed by atoms with Gasteiger partial charge in [-0.1, -0.05) is 36.4 Å². The van der Waals surface area contributed by atoms with Gasteiger partial charge in [-0.25, -0.2) is 0 Å². The zero-order valence-corrected chi connectivity index (χ0v) is 11.5. The summed E-state index contributed by atoms with van der Waals surface area (Å²) in [4.78, 5) is 2.39. The molecule has 1 heterocycles. The topological polar surface area (TPSA) is 32.7 Å². The summed E-state index contributed by atoms with van der Waals surface area (Å²) in [6, 6.07) is 15.9. The maximum absolute atomic E-state index is 9.77. The number of phenolic OH excluding ortho intramolecular Hbond substituents is 1. The van der Waals surface area contributed by atoms with E-state index in [-0.39, 0.29) is 0 Å². The second kappa shape index (κ2) is 6.07.